The molecule has 0 bridgehead atoms. The first-order valence-electron chi connectivity index (χ1n) is 8.16. The number of hydrogen-bond acceptors (Lipinski definition) is 4. The summed E-state index contributed by atoms with van der Waals surface area (Å²) in [5, 5.41) is 0. The topological polar surface area (TPSA) is 52.6 Å². The zero-order valence-corrected chi connectivity index (χ0v) is 14.3. The molecule has 0 radical (unpaired) electrons. The molecular weight excluding hydrogens is 328 g/mol. The smallest absolute Gasteiger partial charge is 0.338 e. The van der Waals surface area contributed by atoms with Gasteiger partial charge < -0.3 is 9.47 Å². The molecule has 0 saturated heterocycles. The maximum atomic E-state index is 13.3. The summed E-state index contributed by atoms with van der Waals surface area (Å²) in [7, 11) is 1.26. The maximum Gasteiger partial charge on any atom is 0.338 e. The van der Waals surface area contributed by atoms with Gasteiger partial charge >= 0.3 is 11.9 Å². The monoisotopic (exact) mass is 346 g/mol. The third kappa shape index (κ3) is 3.09. The third-order valence-electron chi connectivity index (χ3n) is 4.17. The Morgan fingerprint density at radius 1 is 0.654 bits per heavy atom. The van der Waals surface area contributed by atoms with Gasteiger partial charge in [-0.1, -0.05) is 78.9 Å². The average molecular weight is 346 g/mol. The summed E-state index contributed by atoms with van der Waals surface area (Å²) in [6, 6.07) is 26.2. The molecule has 0 aliphatic heterocycles. The van der Waals surface area contributed by atoms with E-state index >= 15 is 0 Å². The van der Waals surface area contributed by atoms with Gasteiger partial charge in [0.25, 0.3) is 0 Å². The van der Waals surface area contributed by atoms with Gasteiger partial charge in [-0.05, 0) is 23.3 Å². The number of carbonyl (C=O) groups is 2. The highest BCUT2D eigenvalue weighted by Gasteiger charge is 2.52. The molecule has 0 unspecified atom stereocenters. The molecule has 0 N–H and O–H groups in total. The minimum Gasteiger partial charge on any atom is -0.468 e. The predicted molar refractivity (Wildman–Crippen MR) is 97.8 cm³/mol. The first kappa shape index (κ1) is 17.4. The van der Waals surface area contributed by atoms with Crippen LogP contribution >= 0.6 is 0 Å². The van der Waals surface area contributed by atoms with Crippen LogP contribution in [0.1, 0.15) is 11.1 Å². The Bertz CT molecular complexity index is 834. The maximum absolute atomic E-state index is 13.3. The lowest BCUT2D eigenvalue weighted by molar-refractivity contribution is -0.156. The van der Waals surface area contributed by atoms with E-state index in [0.717, 1.165) is 0 Å². The Morgan fingerprint density at radius 2 is 1.08 bits per heavy atom. The summed E-state index contributed by atoms with van der Waals surface area (Å²) in [4.78, 5) is 26.3. The van der Waals surface area contributed by atoms with Crippen LogP contribution in [0.3, 0.4) is 0 Å². The van der Waals surface area contributed by atoms with Crippen LogP contribution in [-0.2, 0) is 19.7 Å². The van der Waals surface area contributed by atoms with Crippen LogP contribution in [0, 0.1) is 0 Å². The standard InChI is InChI=1S/C22H18O4/c1-25-20(23)22(17-11-5-2-6-12-17,18-13-7-3-8-14-18)21(24)26-19-15-9-4-10-16-19/h2-16H,1H3. The number of carbonyl (C=O) groups excluding carboxylic acids is 2. The van der Waals surface area contributed by atoms with Crippen molar-refractivity contribution in [1.82, 2.24) is 0 Å². The van der Waals surface area contributed by atoms with Crippen molar-refractivity contribution < 1.29 is 19.1 Å². The molecule has 130 valence electrons. The second kappa shape index (κ2) is 7.66. The lowest BCUT2D eigenvalue weighted by Gasteiger charge is -2.29. The molecule has 26 heavy (non-hydrogen) atoms. The Balaban J connectivity index is 2.20. The van der Waals surface area contributed by atoms with Gasteiger partial charge in [0.15, 0.2) is 0 Å². The highest BCUT2D eigenvalue weighted by Crippen LogP contribution is 2.35. The minimum absolute atomic E-state index is 0.359. The molecule has 0 fully saturated rings. The molecular formula is C22H18O4. The van der Waals surface area contributed by atoms with Crippen LogP contribution in [0.15, 0.2) is 91.0 Å². The van der Waals surface area contributed by atoms with E-state index in [1.54, 1.807) is 72.8 Å². The second-order valence-electron chi connectivity index (χ2n) is 5.68. The van der Waals surface area contributed by atoms with Gasteiger partial charge in [0.05, 0.1) is 7.11 Å². The summed E-state index contributed by atoms with van der Waals surface area (Å²) in [6.45, 7) is 0. The van der Waals surface area contributed by atoms with Crippen LogP contribution in [-0.4, -0.2) is 19.0 Å². The molecule has 0 aromatic heterocycles. The molecule has 3 aromatic carbocycles. The Kier molecular flexibility index (Phi) is 5.13. The van der Waals surface area contributed by atoms with Gasteiger partial charge in [-0.25, -0.2) is 4.79 Å². The van der Waals surface area contributed by atoms with Gasteiger partial charge in [-0.3, -0.25) is 4.79 Å². The summed E-state index contributed by atoms with van der Waals surface area (Å²) in [5.41, 5.74) is -0.745. The quantitative estimate of drug-likeness (QED) is 0.401. The van der Waals surface area contributed by atoms with Gasteiger partial charge in [0.2, 0.25) is 5.41 Å². The van der Waals surface area contributed by atoms with Crippen molar-refractivity contribution in [2.24, 2.45) is 0 Å². The normalized spacial score (nSPS) is 10.8. The zero-order valence-electron chi connectivity index (χ0n) is 14.3. The Labute approximate surface area is 152 Å². The van der Waals surface area contributed by atoms with Crippen molar-refractivity contribution in [3.8, 4) is 5.75 Å². The SMILES string of the molecule is COC(=O)C(C(=O)Oc1ccccc1)(c1ccccc1)c1ccccc1. The minimum atomic E-state index is -1.72. The second-order valence-corrected chi connectivity index (χ2v) is 5.68. The first-order valence-corrected chi connectivity index (χ1v) is 8.16. The lowest BCUT2D eigenvalue weighted by Crippen LogP contribution is -2.48. The number of esters is 2. The number of ether oxygens (including phenoxy) is 2. The fourth-order valence-corrected chi connectivity index (χ4v) is 2.92. The molecule has 0 spiro atoms. The summed E-state index contributed by atoms with van der Waals surface area (Å²) >= 11 is 0. The van der Waals surface area contributed by atoms with Crippen LogP contribution in [0.4, 0.5) is 0 Å². The predicted octanol–water partition coefficient (Wildman–Crippen LogP) is 3.75. The number of rotatable bonds is 5. The van der Waals surface area contributed by atoms with E-state index in [9.17, 15) is 9.59 Å². The molecule has 0 saturated carbocycles. The lowest BCUT2D eigenvalue weighted by atomic mass is 9.74. The number of para-hydroxylation sites is 1. The van der Waals surface area contributed by atoms with E-state index in [1.807, 2.05) is 18.2 Å². The van der Waals surface area contributed by atoms with Crippen molar-refractivity contribution in [2.45, 2.75) is 5.41 Å². The first-order chi connectivity index (χ1) is 12.7. The highest BCUT2D eigenvalue weighted by atomic mass is 16.6. The van der Waals surface area contributed by atoms with Crippen molar-refractivity contribution in [2.75, 3.05) is 7.11 Å². The molecule has 4 heteroatoms. The summed E-state index contributed by atoms with van der Waals surface area (Å²) < 4.78 is 10.6. The van der Waals surface area contributed by atoms with Crippen LogP contribution in [0.25, 0.3) is 0 Å². The van der Waals surface area contributed by atoms with E-state index in [0.29, 0.717) is 16.9 Å². The fraction of sp³-hybridized carbons (Fsp3) is 0.0909. The van der Waals surface area contributed by atoms with Crippen molar-refractivity contribution in [1.29, 1.82) is 0 Å². The molecule has 0 aliphatic rings. The third-order valence-corrected chi connectivity index (χ3v) is 4.17. The fourth-order valence-electron chi connectivity index (χ4n) is 2.92. The van der Waals surface area contributed by atoms with Gasteiger partial charge in [0.1, 0.15) is 5.75 Å². The van der Waals surface area contributed by atoms with Gasteiger partial charge in [-0.15, -0.1) is 0 Å². The molecule has 4 nitrogen and oxygen atoms in total. The van der Waals surface area contributed by atoms with E-state index in [1.165, 1.54) is 7.11 Å². The number of hydrogen-bond donors (Lipinski definition) is 0. The molecule has 3 rings (SSSR count). The zero-order chi connectivity index (χ0) is 18.4. The average Bonchev–Trinajstić information content (AvgIpc) is 2.71. The Morgan fingerprint density at radius 3 is 1.50 bits per heavy atom. The summed E-state index contributed by atoms with van der Waals surface area (Å²) in [5.74, 6) is -1.05. The van der Waals surface area contributed by atoms with Crippen LogP contribution in [0.2, 0.25) is 0 Å². The molecule has 0 heterocycles. The Hall–Kier alpha value is -3.40. The van der Waals surface area contributed by atoms with E-state index in [-0.39, 0.29) is 0 Å². The molecule has 0 amide bonds. The van der Waals surface area contributed by atoms with Crippen LogP contribution in [0.5, 0.6) is 5.75 Å². The van der Waals surface area contributed by atoms with Crippen molar-refractivity contribution in [3.05, 3.63) is 102 Å². The van der Waals surface area contributed by atoms with E-state index in [2.05, 4.69) is 0 Å². The molecule has 0 aliphatic carbocycles. The molecule has 0 atom stereocenters. The largest absolute Gasteiger partial charge is 0.468 e. The van der Waals surface area contributed by atoms with Gasteiger partial charge in [-0.2, -0.15) is 0 Å². The number of benzene rings is 3. The molecule has 3 aromatic rings. The van der Waals surface area contributed by atoms with E-state index < -0.39 is 17.4 Å². The van der Waals surface area contributed by atoms with Crippen molar-refractivity contribution in [3.63, 3.8) is 0 Å². The van der Waals surface area contributed by atoms with E-state index in [4.69, 9.17) is 9.47 Å². The summed E-state index contributed by atoms with van der Waals surface area (Å²) in [6.07, 6.45) is 0. The van der Waals surface area contributed by atoms with Gasteiger partial charge in [0, 0.05) is 0 Å². The van der Waals surface area contributed by atoms with Crippen LogP contribution < -0.4 is 4.74 Å². The van der Waals surface area contributed by atoms with Crippen molar-refractivity contribution >= 4 is 11.9 Å². The number of methoxy groups -OCH3 is 1. The highest BCUT2D eigenvalue weighted by molar-refractivity contribution is 6.10.